The zero-order valence-corrected chi connectivity index (χ0v) is 19.2. The van der Waals surface area contributed by atoms with E-state index >= 15 is 0 Å². The molecule has 0 heterocycles. The quantitative estimate of drug-likeness (QED) is 0.346. The van der Waals surface area contributed by atoms with E-state index < -0.39 is 0 Å². The minimum Gasteiger partial charge on any atom is -0.686 e. The second kappa shape index (κ2) is 9.66. The van der Waals surface area contributed by atoms with Crippen LogP contribution in [0.4, 0.5) is 5.69 Å². The van der Waals surface area contributed by atoms with E-state index in [1.807, 2.05) is 42.5 Å². The van der Waals surface area contributed by atoms with Gasteiger partial charge >= 0.3 is 51.4 Å². The molecule has 1 aliphatic carbocycles. The van der Waals surface area contributed by atoms with Crippen molar-refractivity contribution in [2.45, 2.75) is 19.8 Å². The molecule has 0 spiro atoms. The molecule has 2 aromatic carbocycles. The van der Waals surface area contributed by atoms with Crippen molar-refractivity contribution in [3.8, 4) is 11.1 Å². The second-order valence-corrected chi connectivity index (χ2v) is 6.56. The van der Waals surface area contributed by atoms with E-state index in [4.69, 9.17) is 11.5 Å². The first-order valence-electron chi connectivity index (χ1n) is 8.64. The largest absolute Gasteiger partial charge is 1.00 e. The van der Waals surface area contributed by atoms with Crippen LogP contribution < -0.4 is 62.9 Å². The molecule has 0 atom stereocenters. The maximum absolute atomic E-state index is 11.8. The van der Waals surface area contributed by atoms with Gasteiger partial charge in [-0.05, 0) is 66.3 Å². The van der Waals surface area contributed by atoms with Gasteiger partial charge in [0.2, 0.25) is 0 Å². The molecule has 1 aliphatic rings. The maximum Gasteiger partial charge on any atom is 1.00 e. The Kier molecular flexibility index (Phi) is 7.82. The van der Waals surface area contributed by atoms with Crippen LogP contribution in [0.3, 0.4) is 0 Å². The Bertz CT molecular complexity index is 901. The van der Waals surface area contributed by atoms with Gasteiger partial charge in [0.05, 0.1) is 0 Å². The molecule has 6 heteroatoms. The summed E-state index contributed by atoms with van der Waals surface area (Å²) in [4.78, 5) is 15.8. The van der Waals surface area contributed by atoms with Gasteiger partial charge in [-0.2, -0.15) is 4.99 Å². The summed E-state index contributed by atoms with van der Waals surface area (Å²) in [5.41, 5.74) is 17.4. The minimum absolute atomic E-state index is 0. The van der Waals surface area contributed by atoms with E-state index in [-0.39, 0.29) is 69.0 Å². The van der Waals surface area contributed by atoms with Crippen molar-refractivity contribution in [2.75, 3.05) is 12.8 Å². The van der Waals surface area contributed by atoms with E-state index in [9.17, 15) is 4.79 Å². The zero-order chi connectivity index (χ0) is 18.7. The van der Waals surface area contributed by atoms with E-state index in [2.05, 4.69) is 17.2 Å². The molecule has 0 bridgehead atoms. The average molecular weight is 387 g/mol. The molecule has 0 radical (unpaired) electrons. The maximum atomic E-state index is 11.8. The fourth-order valence-electron chi connectivity index (χ4n) is 2.79. The molecule has 0 unspecified atom stereocenters. The molecule has 0 aromatic heterocycles. The fourth-order valence-corrected chi connectivity index (χ4v) is 2.79. The number of nitrogen functional groups attached to an aromatic ring is 1. The van der Waals surface area contributed by atoms with Crippen molar-refractivity contribution in [3.05, 3.63) is 65.0 Å². The van der Waals surface area contributed by atoms with Gasteiger partial charge in [0.1, 0.15) is 5.84 Å². The first-order valence-corrected chi connectivity index (χ1v) is 8.64. The first kappa shape index (κ1) is 21.9. The fraction of sp³-hybridized carbons (Fsp3) is 0.238. The summed E-state index contributed by atoms with van der Waals surface area (Å²) >= 11 is 0. The Hall–Kier alpha value is -1.44. The molecular formula is C21H23KN4O. The van der Waals surface area contributed by atoms with E-state index in [1.165, 1.54) is 0 Å². The van der Waals surface area contributed by atoms with Crippen molar-refractivity contribution in [3.63, 3.8) is 0 Å². The Morgan fingerprint density at radius 2 is 1.96 bits per heavy atom. The predicted octanol–water partition coefficient (Wildman–Crippen LogP) is 0.886. The van der Waals surface area contributed by atoms with Gasteiger partial charge in [0, 0.05) is 11.6 Å². The Labute approximate surface area is 202 Å². The van der Waals surface area contributed by atoms with E-state index in [1.54, 1.807) is 13.1 Å². The van der Waals surface area contributed by atoms with Crippen molar-refractivity contribution in [2.24, 2.45) is 16.6 Å². The summed E-state index contributed by atoms with van der Waals surface area (Å²) in [6.45, 7) is 2.05. The van der Waals surface area contributed by atoms with Crippen molar-refractivity contribution < 1.29 is 56.2 Å². The van der Waals surface area contributed by atoms with Crippen LogP contribution in [0.15, 0.2) is 53.5 Å². The standard InChI is InChI=1S/C21H24N4O.K/c1-13-6-9-17(22)11-18(13)15-4-3-5-16(10-15)19(24-2)12-20(23)25-21(26)14-7-8-14;/h3-6,9-12,14H,7-8,22H2,1-2H3,(H3,23,24,25,26);/q;+1/p-1. The number of amidine groups is 1. The molecule has 1 amide bonds. The van der Waals surface area contributed by atoms with Gasteiger partial charge in [-0.1, -0.05) is 24.3 Å². The van der Waals surface area contributed by atoms with Crippen molar-refractivity contribution in [1.29, 1.82) is 0 Å². The number of nitrogens with two attached hydrogens (primary N) is 2. The van der Waals surface area contributed by atoms with Crippen molar-refractivity contribution >= 4 is 23.1 Å². The zero-order valence-electron chi connectivity index (χ0n) is 16.1. The molecule has 134 valence electrons. The number of hydrogen-bond donors (Lipinski definition) is 2. The number of rotatable bonds is 5. The normalized spacial score (nSPS) is 14.4. The molecule has 27 heavy (non-hydrogen) atoms. The number of aryl methyl sites for hydroxylation is 1. The van der Waals surface area contributed by atoms with Crippen LogP contribution in [0.1, 0.15) is 24.0 Å². The molecule has 0 aliphatic heterocycles. The second-order valence-electron chi connectivity index (χ2n) is 6.56. The van der Waals surface area contributed by atoms with E-state index in [0.717, 1.165) is 40.8 Å². The van der Waals surface area contributed by atoms with Gasteiger partial charge in [-0.25, -0.2) is 0 Å². The van der Waals surface area contributed by atoms with Crippen LogP contribution in [0.5, 0.6) is 0 Å². The molecule has 1 fully saturated rings. The number of hydrogen-bond acceptors (Lipinski definition) is 2. The number of nitrogens with zero attached hydrogens (tertiary/aromatic N) is 2. The molecule has 4 N–H and O–H groups in total. The summed E-state index contributed by atoms with van der Waals surface area (Å²) in [7, 11) is 1.69. The third-order valence-corrected chi connectivity index (χ3v) is 4.42. The van der Waals surface area contributed by atoms with Crippen LogP contribution in [0, 0.1) is 12.8 Å². The Morgan fingerprint density at radius 1 is 1.22 bits per heavy atom. The summed E-state index contributed by atoms with van der Waals surface area (Å²) < 4.78 is 0. The minimum atomic E-state index is -0.140. The van der Waals surface area contributed by atoms with Gasteiger partial charge in [0.25, 0.3) is 5.91 Å². The number of amides is 1. The topological polar surface area (TPSA) is 95.6 Å². The van der Waals surface area contributed by atoms with E-state index in [0.29, 0.717) is 5.70 Å². The van der Waals surface area contributed by atoms with Crippen LogP contribution in [0.2, 0.25) is 0 Å². The molecule has 2 aromatic rings. The first-order chi connectivity index (χ1) is 12.5. The third-order valence-electron chi connectivity index (χ3n) is 4.42. The van der Waals surface area contributed by atoms with Crippen LogP contribution in [-0.4, -0.2) is 18.8 Å². The molecule has 5 nitrogen and oxygen atoms in total. The summed E-state index contributed by atoms with van der Waals surface area (Å²) in [5.74, 6) is 0.102. The average Bonchev–Trinajstić information content (AvgIpc) is 3.47. The number of carbonyl (C=O) groups is 1. The number of aliphatic imine (C=N–C) groups is 1. The third kappa shape index (κ3) is 5.76. The van der Waals surface area contributed by atoms with Gasteiger partial charge in [0.15, 0.2) is 0 Å². The summed E-state index contributed by atoms with van der Waals surface area (Å²) in [5, 5.41) is 4.31. The molecule has 3 rings (SSSR count). The number of anilines is 1. The molecular weight excluding hydrogens is 363 g/mol. The SMILES string of the molecule is C[N-]/C(=C\C(N)=NC(=O)C1CC1)c1cccc(-c2cc(N)ccc2C)c1.[K+]. The van der Waals surface area contributed by atoms with Gasteiger partial charge in [-0.3, -0.25) is 4.79 Å². The van der Waals surface area contributed by atoms with Crippen LogP contribution >= 0.6 is 0 Å². The van der Waals surface area contributed by atoms with Crippen LogP contribution in [0.25, 0.3) is 22.1 Å². The molecule has 1 saturated carbocycles. The van der Waals surface area contributed by atoms with Gasteiger partial charge in [-0.15, -0.1) is 12.7 Å². The summed E-state index contributed by atoms with van der Waals surface area (Å²) in [6, 6.07) is 13.9. The number of carbonyl (C=O) groups excluding carboxylic acids is 1. The Balaban J connectivity index is 0.00000261. The number of benzene rings is 2. The van der Waals surface area contributed by atoms with Gasteiger partial charge < -0.3 is 16.8 Å². The Morgan fingerprint density at radius 3 is 2.63 bits per heavy atom. The van der Waals surface area contributed by atoms with Crippen LogP contribution in [-0.2, 0) is 4.79 Å². The molecule has 0 saturated heterocycles. The monoisotopic (exact) mass is 386 g/mol. The smallest absolute Gasteiger partial charge is 0.686 e. The summed E-state index contributed by atoms with van der Waals surface area (Å²) in [6.07, 6.45) is 3.46. The predicted molar refractivity (Wildman–Crippen MR) is 108 cm³/mol. The van der Waals surface area contributed by atoms with Crippen molar-refractivity contribution in [1.82, 2.24) is 0 Å².